The minimum absolute atomic E-state index is 0.381. The van der Waals surface area contributed by atoms with E-state index in [0.717, 1.165) is 23.5 Å². The predicted molar refractivity (Wildman–Crippen MR) is 123 cm³/mol. The van der Waals surface area contributed by atoms with Crippen LogP contribution >= 0.6 is 0 Å². The quantitative estimate of drug-likeness (QED) is 0.420. The van der Waals surface area contributed by atoms with E-state index in [9.17, 15) is 14.7 Å². The molecular weight excluding hydrogens is 408 g/mol. The Hall–Kier alpha value is -3.80. The lowest BCUT2D eigenvalue weighted by molar-refractivity contribution is -0.142. The molecule has 3 aromatic carbocycles. The van der Waals surface area contributed by atoms with E-state index in [4.69, 9.17) is 14.2 Å². The number of carboxylic acid groups (broad SMARTS) is 1. The number of carboxylic acids is 1. The molecule has 168 valence electrons. The van der Waals surface area contributed by atoms with Gasteiger partial charge in [-0.2, -0.15) is 0 Å². The van der Waals surface area contributed by atoms with E-state index in [1.807, 2.05) is 60.7 Å². The molecule has 0 fully saturated rings. The molecule has 3 aromatic rings. The highest BCUT2D eigenvalue weighted by molar-refractivity contribution is 5.74. The van der Waals surface area contributed by atoms with Crippen molar-refractivity contribution in [3.05, 3.63) is 90.5 Å². The van der Waals surface area contributed by atoms with Crippen LogP contribution in [0.5, 0.6) is 17.2 Å². The fourth-order valence-corrected chi connectivity index (χ4v) is 2.75. The summed E-state index contributed by atoms with van der Waals surface area (Å²) in [6.45, 7) is 0.763. The standard InChI is InChI=1S/C18H20O4.C8H8O2/c19-18(20)15(11-13-21-16-7-3-1-4-8-16)12-14-22-17-9-5-2-6-10-17;1-10-8-4-2-7(6-9)3-5-8/h1-10,15H,11-14H2,(H,19,20);2-6H,1H3. The van der Waals surface area contributed by atoms with Gasteiger partial charge >= 0.3 is 5.97 Å². The maximum atomic E-state index is 11.3. The summed E-state index contributed by atoms with van der Waals surface area (Å²) in [6, 6.07) is 25.7. The largest absolute Gasteiger partial charge is 0.497 e. The van der Waals surface area contributed by atoms with Crippen LogP contribution < -0.4 is 14.2 Å². The van der Waals surface area contributed by atoms with E-state index < -0.39 is 11.9 Å². The molecule has 0 amide bonds. The fraction of sp³-hybridized carbons (Fsp3) is 0.231. The Morgan fingerprint density at radius 3 is 1.62 bits per heavy atom. The average Bonchev–Trinajstić information content (AvgIpc) is 2.84. The Morgan fingerprint density at radius 1 is 0.781 bits per heavy atom. The van der Waals surface area contributed by atoms with Crippen molar-refractivity contribution in [2.45, 2.75) is 12.8 Å². The van der Waals surface area contributed by atoms with Gasteiger partial charge < -0.3 is 19.3 Å². The van der Waals surface area contributed by atoms with Gasteiger partial charge in [0.2, 0.25) is 0 Å². The summed E-state index contributed by atoms with van der Waals surface area (Å²) in [5.41, 5.74) is 0.667. The molecule has 3 rings (SSSR count). The van der Waals surface area contributed by atoms with Gasteiger partial charge in [-0.05, 0) is 61.4 Å². The molecule has 0 aliphatic rings. The van der Waals surface area contributed by atoms with E-state index in [1.54, 1.807) is 31.4 Å². The number of methoxy groups -OCH3 is 1. The molecule has 6 heteroatoms. The number of para-hydroxylation sites is 2. The SMILES string of the molecule is COc1ccc(C=O)cc1.O=C(O)C(CCOc1ccccc1)CCOc1ccccc1. The van der Waals surface area contributed by atoms with E-state index >= 15 is 0 Å². The van der Waals surface area contributed by atoms with Gasteiger partial charge in [-0.1, -0.05) is 36.4 Å². The van der Waals surface area contributed by atoms with E-state index in [0.29, 0.717) is 31.6 Å². The number of carbonyl (C=O) groups is 2. The number of hydrogen-bond acceptors (Lipinski definition) is 5. The first kappa shape index (κ1) is 24.5. The van der Waals surface area contributed by atoms with Gasteiger partial charge in [-0.15, -0.1) is 0 Å². The number of aldehydes is 1. The first-order valence-electron chi connectivity index (χ1n) is 10.3. The fourth-order valence-electron chi connectivity index (χ4n) is 2.75. The van der Waals surface area contributed by atoms with Gasteiger partial charge in [0.05, 0.1) is 26.2 Å². The average molecular weight is 437 g/mol. The van der Waals surface area contributed by atoms with Crippen LogP contribution in [0.4, 0.5) is 0 Å². The van der Waals surface area contributed by atoms with Crippen molar-refractivity contribution in [1.29, 1.82) is 0 Å². The number of rotatable bonds is 11. The lowest BCUT2D eigenvalue weighted by atomic mass is 10.0. The van der Waals surface area contributed by atoms with Crippen molar-refractivity contribution < 1.29 is 28.9 Å². The molecule has 0 aromatic heterocycles. The van der Waals surface area contributed by atoms with Crippen LogP contribution in [0.15, 0.2) is 84.9 Å². The Morgan fingerprint density at radius 2 is 1.25 bits per heavy atom. The third-order valence-electron chi connectivity index (χ3n) is 4.56. The highest BCUT2D eigenvalue weighted by Crippen LogP contribution is 2.15. The summed E-state index contributed by atoms with van der Waals surface area (Å²) in [6.07, 6.45) is 1.73. The zero-order valence-corrected chi connectivity index (χ0v) is 18.1. The maximum Gasteiger partial charge on any atom is 0.306 e. The summed E-state index contributed by atoms with van der Waals surface area (Å²) < 4.78 is 16.0. The molecule has 0 saturated heterocycles. The molecule has 0 unspecified atom stereocenters. The Kier molecular flexibility index (Phi) is 10.9. The molecule has 0 bridgehead atoms. The maximum absolute atomic E-state index is 11.3. The highest BCUT2D eigenvalue weighted by Gasteiger charge is 2.17. The van der Waals surface area contributed by atoms with Crippen LogP contribution in [0, 0.1) is 5.92 Å². The molecule has 0 atom stereocenters. The van der Waals surface area contributed by atoms with E-state index in [-0.39, 0.29) is 0 Å². The van der Waals surface area contributed by atoms with Gasteiger partial charge in [-0.25, -0.2) is 0 Å². The third kappa shape index (κ3) is 9.34. The van der Waals surface area contributed by atoms with Gasteiger partial charge in [-0.3, -0.25) is 9.59 Å². The molecule has 32 heavy (non-hydrogen) atoms. The minimum atomic E-state index is -0.812. The summed E-state index contributed by atoms with van der Waals surface area (Å²) in [4.78, 5) is 21.4. The smallest absolute Gasteiger partial charge is 0.306 e. The van der Waals surface area contributed by atoms with E-state index in [1.165, 1.54) is 0 Å². The van der Waals surface area contributed by atoms with Crippen LogP contribution in [0.2, 0.25) is 0 Å². The summed E-state index contributed by atoms with van der Waals surface area (Å²) in [7, 11) is 1.59. The van der Waals surface area contributed by atoms with E-state index in [2.05, 4.69) is 0 Å². The highest BCUT2D eigenvalue weighted by atomic mass is 16.5. The molecule has 1 N–H and O–H groups in total. The van der Waals surface area contributed by atoms with Crippen molar-refractivity contribution in [1.82, 2.24) is 0 Å². The van der Waals surface area contributed by atoms with Gasteiger partial charge in [0.25, 0.3) is 0 Å². The first-order valence-corrected chi connectivity index (χ1v) is 10.3. The molecule has 0 heterocycles. The monoisotopic (exact) mass is 436 g/mol. The van der Waals surface area contributed by atoms with Crippen molar-refractivity contribution in [2.24, 2.45) is 5.92 Å². The van der Waals surface area contributed by atoms with Gasteiger partial charge in [0.15, 0.2) is 0 Å². The van der Waals surface area contributed by atoms with Crippen LogP contribution in [0.3, 0.4) is 0 Å². The molecule has 0 aliphatic heterocycles. The number of aliphatic carboxylic acids is 1. The molecule has 0 aliphatic carbocycles. The van der Waals surface area contributed by atoms with Crippen molar-refractivity contribution in [3.63, 3.8) is 0 Å². The zero-order chi connectivity index (χ0) is 23.0. The van der Waals surface area contributed by atoms with Crippen molar-refractivity contribution in [3.8, 4) is 17.2 Å². The third-order valence-corrected chi connectivity index (χ3v) is 4.56. The Labute approximate surface area is 188 Å². The number of ether oxygens (including phenoxy) is 3. The van der Waals surface area contributed by atoms with Gasteiger partial charge in [0, 0.05) is 5.56 Å². The van der Waals surface area contributed by atoms with Gasteiger partial charge in [0.1, 0.15) is 23.5 Å². The van der Waals surface area contributed by atoms with Crippen LogP contribution in [-0.4, -0.2) is 37.7 Å². The number of benzene rings is 3. The zero-order valence-electron chi connectivity index (χ0n) is 18.1. The van der Waals surface area contributed by atoms with Crippen LogP contribution in [0.25, 0.3) is 0 Å². The summed E-state index contributed by atoms with van der Waals surface area (Å²) in [5, 5.41) is 9.26. The molecule has 0 spiro atoms. The molecule has 0 saturated carbocycles. The lowest BCUT2D eigenvalue weighted by Gasteiger charge is -2.13. The summed E-state index contributed by atoms with van der Waals surface area (Å²) >= 11 is 0. The second kappa shape index (κ2) is 14.2. The van der Waals surface area contributed by atoms with Crippen molar-refractivity contribution >= 4 is 12.3 Å². The molecule has 6 nitrogen and oxygen atoms in total. The van der Waals surface area contributed by atoms with Crippen LogP contribution in [0.1, 0.15) is 23.2 Å². The lowest BCUT2D eigenvalue weighted by Crippen LogP contribution is -2.19. The van der Waals surface area contributed by atoms with Crippen LogP contribution in [-0.2, 0) is 4.79 Å². The second-order valence-corrected chi connectivity index (χ2v) is 6.83. The topological polar surface area (TPSA) is 82.1 Å². The molecule has 0 radical (unpaired) electrons. The summed E-state index contributed by atoms with van der Waals surface area (Å²) in [5.74, 6) is 1.01. The Balaban J connectivity index is 0.000000303. The normalized spacial score (nSPS) is 9.94. The van der Waals surface area contributed by atoms with Crippen molar-refractivity contribution in [2.75, 3.05) is 20.3 Å². The Bertz CT molecular complexity index is 865. The molecular formula is C26H28O6. The minimum Gasteiger partial charge on any atom is -0.497 e. The first-order chi connectivity index (χ1) is 15.6. The number of hydrogen-bond donors (Lipinski definition) is 1. The second-order valence-electron chi connectivity index (χ2n) is 6.83. The number of carbonyl (C=O) groups excluding carboxylic acids is 1. The predicted octanol–water partition coefficient (Wildman–Crippen LogP) is 5.13.